The highest BCUT2D eigenvalue weighted by Crippen LogP contribution is 2.19. The first-order valence-electron chi connectivity index (χ1n) is 7.25. The first kappa shape index (κ1) is 13.8. The van der Waals surface area contributed by atoms with Crippen molar-refractivity contribution in [2.24, 2.45) is 0 Å². The van der Waals surface area contributed by atoms with E-state index in [1.807, 2.05) is 23.0 Å². The average molecular weight is 285 g/mol. The van der Waals surface area contributed by atoms with Crippen molar-refractivity contribution in [3.8, 4) is 0 Å². The van der Waals surface area contributed by atoms with Gasteiger partial charge in [0.15, 0.2) is 0 Å². The Bertz CT molecular complexity index is 589. The normalized spacial score (nSPS) is 15.8. The molecule has 0 aromatic carbocycles. The minimum Gasteiger partial charge on any atom is -0.323 e. The Kier molecular flexibility index (Phi) is 4.25. The molecule has 6 heteroatoms. The Morgan fingerprint density at radius 3 is 2.86 bits per heavy atom. The maximum absolute atomic E-state index is 12.0. The van der Waals surface area contributed by atoms with Crippen LogP contribution < -0.4 is 10.6 Å². The van der Waals surface area contributed by atoms with E-state index in [-0.39, 0.29) is 5.91 Å². The van der Waals surface area contributed by atoms with Crippen LogP contribution in [0.3, 0.4) is 0 Å². The van der Waals surface area contributed by atoms with Gasteiger partial charge in [-0.2, -0.15) is 5.10 Å². The lowest BCUT2D eigenvalue weighted by atomic mass is 10.1. The number of aromatic nitrogens is 3. The molecule has 1 aliphatic rings. The molecule has 21 heavy (non-hydrogen) atoms. The van der Waals surface area contributed by atoms with Crippen molar-refractivity contribution in [3.63, 3.8) is 0 Å². The van der Waals surface area contributed by atoms with Gasteiger partial charge >= 0.3 is 0 Å². The molecule has 3 heterocycles. The van der Waals surface area contributed by atoms with Crippen LogP contribution in [0.4, 0.5) is 5.69 Å². The summed E-state index contributed by atoms with van der Waals surface area (Å²) < 4.78 is 1.96. The fourth-order valence-corrected chi connectivity index (χ4v) is 2.56. The van der Waals surface area contributed by atoms with Crippen LogP contribution in [0, 0.1) is 0 Å². The van der Waals surface area contributed by atoms with Gasteiger partial charge in [0.05, 0.1) is 24.3 Å². The number of pyridine rings is 1. The lowest BCUT2D eigenvalue weighted by Crippen LogP contribution is -2.29. The minimum atomic E-state index is -0.0361. The molecule has 0 saturated carbocycles. The monoisotopic (exact) mass is 285 g/mol. The SMILES string of the molecule is O=C(Cc1ccncc1)Nc1cnn(C2CCNCC2)c1. The van der Waals surface area contributed by atoms with E-state index in [1.165, 1.54) is 0 Å². The third-order valence-corrected chi connectivity index (χ3v) is 3.68. The molecule has 0 radical (unpaired) electrons. The quantitative estimate of drug-likeness (QED) is 0.890. The molecular formula is C15H19N5O. The number of piperidine rings is 1. The largest absolute Gasteiger partial charge is 0.323 e. The number of hydrogen-bond acceptors (Lipinski definition) is 4. The Labute approximate surface area is 123 Å². The van der Waals surface area contributed by atoms with Gasteiger partial charge in [0.2, 0.25) is 5.91 Å². The number of carbonyl (C=O) groups is 1. The van der Waals surface area contributed by atoms with Gasteiger partial charge in [0.1, 0.15) is 0 Å². The maximum Gasteiger partial charge on any atom is 0.228 e. The van der Waals surface area contributed by atoms with Crippen molar-refractivity contribution in [1.29, 1.82) is 0 Å². The minimum absolute atomic E-state index is 0.0361. The summed E-state index contributed by atoms with van der Waals surface area (Å²) in [6.07, 6.45) is 9.52. The van der Waals surface area contributed by atoms with E-state index in [2.05, 4.69) is 20.7 Å². The van der Waals surface area contributed by atoms with Crippen molar-refractivity contribution < 1.29 is 4.79 Å². The summed E-state index contributed by atoms with van der Waals surface area (Å²) in [6, 6.07) is 4.12. The molecule has 0 spiro atoms. The Morgan fingerprint density at radius 1 is 1.33 bits per heavy atom. The molecule has 0 atom stereocenters. The fraction of sp³-hybridized carbons (Fsp3) is 0.400. The second-order valence-corrected chi connectivity index (χ2v) is 5.27. The predicted octanol–water partition coefficient (Wildman–Crippen LogP) is 1.38. The highest BCUT2D eigenvalue weighted by Gasteiger charge is 2.16. The average Bonchev–Trinajstić information content (AvgIpc) is 2.97. The zero-order chi connectivity index (χ0) is 14.5. The van der Waals surface area contributed by atoms with E-state index >= 15 is 0 Å². The summed E-state index contributed by atoms with van der Waals surface area (Å²) >= 11 is 0. The van der Waals surface area contributed by atoms with E-state index in [0.29, 0.717) is 12.5 Å². The maximum atomic E-state index is 12.0. The molecule has 1 aliphatic heterocycles. The van der Waals surface area contributed by atoms with Crippen molar-refractivity contribution in [2.75, 3.05) is 18.4 Å². The van der Waals surface area contributed by atoms with E-state index in [1.54, 1.807) is 18.6 Å². The van der Waals surface area contributed by atoms with Gasteiger partial charge in [-0.05, 0) is 43.6 Å². The molecule has 2 N–H and O–H groups in total. The number of rotatable bonds is 4. The number of nitrogens with zero attached hydrogens (tertiary/aromatic N) is 3. The molecule has 6 nitrogen and oxygen atoms in total. The molecule has 1 fully saturated rings. The van der Waals surface area contributed by atoms with Crippen molar-refractivity contribution >= 4 is 11.6 Å². The molecule has 1 amide bonds. The lowest BCUT2D eigenvalue weighted by molar-refractivity contribution is -0.115. The van der Waals surface area contributed by atoms with E-state index in [4.69, 9.17) is 0 Å². The molecule has 0 aliphatic carbocycles. The topological polar surface area (TPSA) is 71.8 Å². The fourth-order valence-electron chi connectivity index (χ4n) is 2.56. The summed E-state index contributed by atoms with van der Waals surface area (Å²) in [7, 11) is 0. The summed E-state index contributed by atoms with van der Waals surface area (Å²) in [5.41, 5.74) is 1.71. The summed E-state index contributed by atoms with van der Waals surface area (Å²) in [4.78, 5) is 15.9. The van der Waals surface area contributed by atoms with E-state index in [9.17, 15) is 4.79 Å². The Balaban J connectivity index is 1.57. The van der Waals surface area contributed by atoms with Gasteiger partial charge in [-0.25, -0.2) is 0 Å². The summed E-state index contributed by atoms with van der Waals surface area (Å²) in [6.45, 7) is 2.04. The summed E-state index contributed by atoms with van der Waals surface area (Å²) in [5.74, 6) is -0.0361. The van der Waals surface area contributed by atoms with Gasteiger partial charge in [0.25, 0.3) is 0 Å². The number of hydrogen-bond donors (Lipinski definition) is 2. The number of nitrogens with one attached hydrogen (secondary N) is 2. The number of anilines is 1. The van der Waals surface area contributed by atoms with Crippen LogP contribution in [0.5, 0.6) is 0 Å². The number of amides is 1. The smallest absolute Gasteiger partial charge is 0.228 e. The van der Waals surface area contributed by atoms with Gasteiger partial charge in [-0.15, -0.1) is 0 Å². The molecule has 1 saturated heterocycles. The van der Waals surface area contributed by atoms with Crippen LogP contribution in [-0.2, 0) is 11.2 Å². The Morgan fingerprint density at radius 2 is 2.10 bits per heavy atom. The standard InChI is InChI=1S/C15H19N5O/c21-15(9-12-1-5-16-6-2-12)19-13-10-18-20(11-13)14-3-7-17-8-4-14/h1-2,5-6,10-11,14,17H,3-4,7-9H2,(H,19,21). The molecule has 2 aromatic heterocycles. The zero-order valence-electron chi connectivity index (χ0n) is 11.8. The van der Waals surface area contributed by atoms with E-state index in [0.717, 1.165) is 37.2 Å². The molecule has 0 unspecified atom stereocenters. The second-order valence-electron chi connectivity index (χ2n) is 5.27. The Hall–Kier alpha value is -2.21. The third kappa shape index (κ3) is 3.66. The van der Waals surface area contributed by atoms with Gasteiger partial charge in [0, 0.05) is 18.6 Å². The zero-order valence-corrected chi connectivity index (χ0v) is 11.8. The molecule has 110 valence electrons. The molecule has 3 rings (SSSR count). The van der Waals surface area contributed by atoms with Crippen LogP contribution in [0.1, 0.15) is 24.4 Å². The van der Waals surface area contributed by atoms with Gasteiger partial charge in [-0.3, -0.25) is 14.5 Å². The second kappa shape index (κ2) is 6.49. The first-order chi connectivity index (χ1) is 10.3. The van der Waals surface area contributed by atoms with Crippen molar-refractivity contribution in [1.82, 2.24) is 20.1 Å². The predicted molar refractivity (Wildman–Crippen MR) is 79.9 cm³/mol. The molecule has 2 aromatic rings. The molecular weight excluding hydrogens is 266 g/mol. The summed E-state index contributed by atoms with van der Waals surface area (Å²) in [5, 5.41) is 10.6. The molecule has 0 bridgehead atoms. The van der Waals surface area contributed by atoms with E-state index < -0.39 is 0 Å². The van der Waals surface area contributed by atoms with Gasteiger partial charge < -0.3 is 10.6 Å². The van der Waals surface area contributed by atoms with Crippen LogP contribution in [0.2, 0.25) is 0 Å². The van der Waals surface area contributed by atoms with Crippen molar-refractivity contribution in [3.05, 3.63) is 42.5 Å². The van der Waals surface area contributed by atoms with Crippen LogP contribution in [0.25, 0.3) is 0 Å². The highest BCUT2D eigenvalue weighted by atomic mass is 16.1. The first-order valence-corrected chi connectivity index (χ1v) is 7.25. The van der Waals surface area contributed by atoms with Gasteiger partial charge in [-0.1, -0.05) is 0 Å². The van der Waals surface area contributed by atoms with Crippen LogP contribution >= 0.6 is 0 Å². The van der Waals surface area contributed by atoms with Crippen LogP contribution in [0.15, 0.2) is 36.9 Å². The van der Waals surface area contributed by atoms with Crippen LogP contribution in [-0.4, -0.2) is 33.8 Å². The third-order valence-electron chi connectivity index (χ3n) is 3.68. The van der Waals surface area contributed by atoms with Crippen molar-refractivity contribution in [2.45, 2.75) is 25.3 Å². The lowest BCUT2D eigenvalue weighted by Gasteiger charge is -2.22. The number of carbonyl (C=O) groups excluding carboxylic acids is 1. The highest BCUT2D eigenvalue weighted by molar-refractivity contribution is 5.91.